The van der Waals surface area contributed by atoms with E-state index < -0.39 is 160 Å². The van der Waals surface area contributed by atoms with E-state index in [0.29, 0.717) is 13.0 Å². The molecule has 4 heterocycles. The van der Waals surface area contributed by atoms with E-state index in [9.17, 15) is 61.3 Å². The molecule has 57 heavy (non-hydrogen) atoms. The van der Waals surface area contributed by atoms with Gasteiger partial charge in [0.2, 0.25) is 0 Å². The van der Waals surface area contributed by atoms with Gasteiger partial charge in [0.05, 0.1) is 44.2 Å². The minimum Gasteiger partial charge on any atom is -0.394 e. The van der Waals surface area contributed by atoms with Gasteiger partial charge < -0.3 is 109 Å². The highest BCUT2D eigenvalue weighted by Crippen LogP contribution is 2.35. The van der Waals surface area contributed by atoms with Gasteiger partial charge in [-0.15, -0.1) is 0 Å². The van der Waals surface area contributed by atoms with E-state index >= 15 is 0 Å². The van der Waals surface area contributed by atoms with Crippen molar-refractivity contribution >= 4 is 0 Å². The molecule has 0 amide bonds. The van der Waals surface area contributed by atoms with Crippen molar-refractivity contribution in [3.8, 4) is 0 Å². The molecule has 0 aromatic heterocycles. The summed E-state index contributed by atoms with van der Waals surface area (Å²) in [4.78, 5) is 0. The summed E-state index contributed by atoms with van der Waals surface area (Å²) in [6.07, 6.45) is -33.9. The van der Waals surface area contributed by atoms with Crippen molar-refractivity contribution in [1.29, 1.82) is 0 Å². The Hall–Kier alpha value is -0.880. The summed E-state index contributed by atoms with van der Waals surface area (Å²) < 4.78 is 57.8. The Morgan fingerprint density at radius 1 is 0.561 bits per heavy atom. The Balaban J connectivity index is 1.49. The summed E-state index contributed by atoms with van der Waals surface area (Å²) in [7, 11) is 0. The second kappa shape index (κ2) is 21.8. The van der Waals surface area contributed by atoms with Gasteiger partial charge in [-0.25, -0.2) is 0 Å². The van der Waals surface area contributed by atoms with Gasteiger partial charge in [-0.3, -0.25) is 0 Å². The predicted octanol–water partition coefficient (Wildman–Crippen LogP) is -5.49. The Morgan fingerprint density at radius 2 is 1.07 bits per heavy atom. The number of hydrogen-bond acceptors (Lipinski definition) is 22. The average Bonchev–Trinajstić information content (AvgIpc) is 3.18. The summed E-state index contributed by atoms with van der Waals surface area (Å²) >= 11 is 0. The van der Waals surface area contributed by atoms with Crippen molar-refractivity contribution in [1.82, 2.24) is 0 Å². The van der Waals surface area contributed by atoms with Gasteiger partial charge in [-0.05, 0) is 34.1 Å². The summed E-state index contributed by atoms with van der Waals surface area (Å²) in [5.41, 5.74) is 0. The molecule has 22 nitrogen and oxygen atoms in total. The van der Waals surface area contributed by atoms with Crippen molar-refractivity contribution in [3.63, 3.8) is 0 Å². The van der Waals surface area contributed by atoms with Crippen LogP contribution in [0.4, 0.5) is 0 Å². The molecule has 0 aromatic carbocycles. The second-order valence-electron chi connectivity index (χ2n) is 15.2. The molecule has 336 valence electrons. The maximum atomic E-state index is 11.4. The normalized spacial score (nSPS) is 46.6. The molecule has 4 aliphatic rings. The minimum absolute atomic E-state index is 0.134. The quantitative estimate of drug-likeness (QED) is 0.0573. The lowest BCUT2D eigenvalue weighted by molar-refractivity contribution is -0.393. The zero-order chi connectivity index (χ0) is 42.5. The molecule has 4 rings (SSSR count). The molecule has 12 N–H and O–H groups in total. The Morgan fingerprint density at radius 3 is 1.63 bits per heavy atom. The number of aliphatic hydroxyl groups excluding tert-OH is 12. The van der Waals surface area contributed by atoms with E-state index in [0.717, 1.165) is 0 Å². The molecule has 0 aliphatic carbocycles. The van der Waals surface area contributed by atoms with Gasteiger partial charge in [-0.1, -0.05) is 13.8 Å². The Kier molecular flexibility index (Phi) is 18.6. The highest BCUT2D eigenvalue weighted by molar-refractivity contribution is 4.97. The Labute approximate surface area is 330 Å². The molecule has 0 bridgehead atoms. The van der Waals surface area contributed by atoms with E-state index in [1.807, 2.05) is 6.92 Å². The van der Waals surface area contributed by atoms with Crippen LogP contribution in [0.25, 0.3) is 0 Å². The van der Waals surface area contributed by atoms with Crippen LogP contribution in [0.1, 0.15) is 48.0 Å². The van der Waals surface area contributed by atoms with Crippen LogP contribution < -0.4 is 0 Å². The molecule has 24 atom stereocenters. The van der Waals surface area contributed by atoms with Crippen molar-refractivity contribution in [3.05, 3.63) is 0 Å². The zero-order valence-electron chi connectivity index (χ0n) is 32.8. The molecule has 9 unspecified atom stereocenters. The van der Waals surface area contributed by atoms with Crippen LogP contribution in [0, 0.1) is 5.92 Å². The minimum atomic E-state index is -1.92. The molecule has 0 aromatic rings. The molecule has 22 heteroatoms. The first kappa shape index (κ1) is 48.8. The van der Waals surface area contributed by atoms with Gasteiger partial charge >= 0.3 is 0 Å². The van der Waals surface area contributed by atoms with Gasteiger partial charge in [-0.2, -0.15) is 0 Å². The van der Waals surface area contributed by atoms with Gasteiger partial charge in [0, 0.05) is 12.5 Å². The number of hydrogen-bond donors (Lipinski definition) is 12. The molecular weight excluding hydrogens is 772 g/mol. The molecule has 4 aliphatic heterocycles. The lowest BCUT2D eigenvalue weighted by Gasteiger charge is -2.49. The van der Waals surface area contributed by atoms with Crippen molar-refractivity contribution in [2.24, 2.45) is 5.92 Å². The van der Waals surface area contributed by atoms with E-state index in [1.54, 1.807) is 6.92 Å². The van der Waals surface area contributed by atoms with Gasteiger partial charge in [0.15, 0.2) is 31.5 Å². The van der Waals surface area contributed by atoms with Crippen LogP contribution in [0.5, 0.6) is 0 Å². The maximum Gasteiger partial charge on any atom is 0.187 e. The van der Waals surface area contributed by atoms with Crippen LogP contribution in [0.15, 0.2) is 0 Å². The number of rotatable bonds is 18. The fraction of sp³-hybridized carbons (Fsp3) is 1.00. The Bertz CT molecular complexity index is 1170. The topological polar surface area (TPSA) is 335 Å². The summed E-state index contributed by atoms with van der Waals surface area (Å²) in [6, 6.07) is 0. The SMILES string of the molecule is CCCO[C@H](OC(CO)[C@H](C)O)[C@@H](C)CO[C@@H]1OC(C)[C@H](O)C(O[C@@H]2OC(C)[C@H](O)C(O)[C@@H]2O[C@@H]2OC(C)[C@H](O)C(O[C@H]3O[C@@H](CO)[C@@H](O)C(O)C3O)[C@@H]2O)[C@@H]1O. The highest BCUT2D eigenvalue weighted by Gasteiger charge is 2.55. The molecular formula is C35H64O22. The third-order valence-corrected chi connectivity index (χ3v) is 10.6. The fourth-order valence-electron chi connectivity index (χ4n) is 6.85. The average molecular weight is 837 g/mol. The molecule has 4 fully saturated rings. The van der Waals surface area contributed by atoms with E-state index in [-0.39, 0.29) is 6.61 Å². The predicted molar refractivity (Wildman–Crippen MR) is 186 cm³/mol. The lowest BCUT2D eigenvalue weighted by atomic mass is 9.96. The third-order valence-electron chi connectivity index (χ3n) is 10.6. The van der Waals surface area contributed by atoms with Gasteiger partial charge in [0.1, 0.15) is 85.5 Å². The van der Waals surface area contributed by atoms with E-state index in [4.69, 9.17) is 47.4 Å². The summed E-state index contributed by atoms with van der Waals surface area (Å²) in [5.74, 6) is -0.532. The van der Waals surface area contributed by atoms with Crippen LogP contribution >= 0.6 is 0 Å². The van der Waals surface area contributed by atoms with Crippen molar-refractivity contribution in [2.75, 3.05) is 26.4 Å². The summed E-state index contributed by atoms with van der Waals surface area (Å²) in [6.45, 7) is 8.26. The van der Waals surface area contributed by atoms with E-state index in [1.165, 1.54) is 27.7 Å². The lowest BCUT2D eigenvalue weighted by Crippen LogP contribution is -2.67. The van der Waals surface area contributed by atoms with Crippen LogP contribution in [-0.4, -0.2) is 229 Å². The second-order valence-corrected chi connectivity index (χ2v) is 15.2. The molecule has 0 radical (unpaired) electrons. The zero-order valence-corrected chi connectivity index (χ0v) is 32.8. The van der Waals surface area contributed by atoms with Gasteiger partial charge in [0.25, 0.3) is 0 Å². The first-order valence-electron chi connectivity index (χ1n) is 19.4. The van der Waals surface area contributed by atoms with Crippen molar-refractivity contribution < 1.29 is 109 Å². The van der Waals surface area contributed by atoms with Crippen LogP contribution in [0.2, 0.25) is 0 Å². The monoisotopic (exact) mass is 836 g/mol. The molecule has 0 saturated carbocycles. The molecule has 4 saturated heterocycles. The summed E-state index contributed by atoms with van der Waals surface area (Å²) in [5, 5.41) is 127. The fourth-order valence-corrected chi connectivity index (χ4v) is 6.85. The molecule has 0 spiro atoms. The highest BCUT2D eigenvalue weighted by atomic mass is 16.8. The maximum absolute atomic E-state index is 11.4. The van der Waals surface area contributed by atoms with Crippen molar-refractivity contribution in [2.45, 2.75) is 189 Å². The van der Waals surface area contributed by atoms with E-state index in [2.05, 4.69) is 0 Å². The third kappa shape index (κ3) is 11.5. The number of ether oxygens (including phenoxy) is 10. The first-order valence-corrected chi connectivity index (χ1v) is 19.4. The van der Waals surface area contributed by atoms with Crippen LogP contribution in [-0.2, 0) is 47.4 Å². The van der Waals surface area contributed by atoms with Crippen LogP contribution in [0.3, 0.4) is 0 Å². The smallest absolute Gasteiger partial charge is 0.187 e. The first-order chi connectivity index (χ1) is 26.9. The standard InChI is InChI=1S/C35H64O22/c1-7-8-48-31(53-17(9-36)13(3)38)12(2)11-49-32-26(46)28(20(40)15(5)50-32)56-35-30(24(44)19(39)14(4)52-35)57-34-27(47)29(21(41)16(6)51-34)55-33-25(45)23(43)22(42)18(10-37)54-33/h12-47H,7-11H2,1-6H3/t12-,13-,14?,15?,16?,17?,18-,19-,20-,21-,22+,23?,24?,25?,26-,27-,28?,29?,30-,31+,32+,33+,34-,35-/m0/s1. The number of aliphatic hydroxyl groups is 12. The largest absolute Gasteiger partial charge is 0.394 e.